The van der Waals surface area contributed by atoms with Gasteiger partial charge in [0.05, 0.1) is 13.2 Å². The Morgan fingerprint density at radius 1 is 1.25 bits per heavy atom. The summed E-state index contributed by atoms with van der Waals surface area (Å²) in [6.07, 6.45) is 0. The van der Waals surface area contributed by atoms with E-state index in [1.54, 1.807) is 0 Å². The van der Waals surface area contributed by atoms with Gasteiger partial charge in [-0.3, -0.25) is 0 Å². The van der Waals surface area contributed by atoms with Gasteiger partial charge >= 0.3 is 0 Å². The maximum atomic E-state index is 5.85. The molecule has 0 bridgehead atoms. The molecule has 0 fully saturated rings. The van der Waals surface area contributed by atoms with Crippen LogP contribution in [0.4, 0.5) is 0 Å². The lowest BCUT2D eigenvalue weighted by Gasteiger charge is -2.12. The van der Waals surface area contributed by atoms with E-state index in [1.807, 2.05) is 30.3 Å². The molecular weight excluding hydrogens is 202 g/mol. The van der Waals surface area contributed by atoms with E-state index in [1.165, 1.54) is 5.56 Å². The van der Waals surface area contributed by atoms with Crippen molar-refractivity contribution < 1.29 is 4.74 Å². The zero-order chi connectivity index (χ0) is 11.6. The predicted octanol–water partition coefficient (Wildman–Crippen LogP) is 0.0788. The van der Waals surface area contributed by atoms with Crippen LogP contribution in [0.15, 0.2) is 30.3 Å². The Morgan fingerprint density at radius 3 is 2.69 bits per heavy atom. The highest BCUT2D eigenvalue weighted by molar-refractivity contribution is 5.13. The normalized spacial score (nSPS) is 12.6. The van der Waals surface area contributed by atoms with Crippen LogP contribution in [-0.4, -0.2) is 32.3 Å². The summed E-state index contributed by atoms with van der Waals surface area (Å²) >= 11 is 0. The lowest BCUT2D eigenvalue weighted by molar-refractivity contribution is 0.107. The average Bonchev–Trinajstić information content (AvgIpc) is 2.31. The fraction of sp³-hybridized carbons (Fsp3) is 0.500. The summed E-state index contributed by atoms with van der Waals surface area (Å²) in [6, 6.07) is 10.1. The molecule has 0 spiro atoms. The first-order chi connectivity index (χ1) is 7.83. The number of nitrogens with one attached hydrogen (secondary N) is 1. The molecule has 5 N–H and O–H groups in total. The first-order valence-electron chi connectivity index (χ1n) is 5.61. The molecule has 16 heavy (non-hydrogen) atoms. The van der Waals surface area contributed by atoms with Gasteiger partial charge in [-0.25, -0.2) is 0 Å². The second-order valence-electron chi connectivity index (χ2n) is 3.75. The summed E-state index contributed by atoms with van der Waals surface area (Å²) in [6.45, 7) is 3.36. The third kappa shape index (κ3) is 5.82. The van der Waals surface area contributed by atoms with Crippen molar-refractivity contribution in [3.63, 3.8) is 0 Å². The van der Waals surface area contributed by atoms with Crippen molar-refractivity contribution in [1.82, 2.24) is 5.32 Å². The molecule has 1 aromatic rings. The van der Waals surface area contributed by atoms with E-state index in [2.05, 4.69) is 5.32 Å². The Bertz CT molecular complexity index is 266. The van der Waals surface area contributed by atoms with Crippen molar-refractivity contribution in [2.24, 2.45) is 11.5 Å². The van der Waals surface area contributed by atoms with Gasteiger partial charge in [0.15, 0.2) is 0 Å². The fourth-order valence-corrected chi connectivity index (χ4v) is 1.35. The van der Waals surface area contributed by atoms with Crippen LogP contribution in [0.2, 0.25) is 0 Å². The molecule has 0 saturated carbocycles. The van der Waals surface area contributed by atoms with Crippen molar-refractivity contribution >= 4 is 0 Å². The SMILES string of the molecule is NCCNC[C@@H](N)COCc1ccccc1. The van der Waals surface area contributed by atoms with Crippen molar-refractivity contribution in [2.75, 3.05) is 26.2 Å². The van der Waals surface area contributed by atoms with Crippen LogP contribution >= 0.6 is 0 Å². The first-order valence-corrected chi connectivity index (χ1v) is 5.61. The standard InChI is InChI=1S/C12H21N3O/c13-6-7-15-8-12(14)10-16-9-11-4-2-1-3-5-11/h1-5,12,15H,6-10,13-14H2/t12-/m1/s1. The smallest absolute Gasteiger partial charge is 0.0717 e. The third-order valence-corrected chi connectivity index (χ3v) is 2.17. The Labute approximate surface area is 97.0 Å². The molecule has 0 unspecified atom stereocenters. The molecule has 4 nitrogen and oxygen atoms in total. The van der Waals surface area contributed by atoms with E-state index < -0.39 is 0 Å². The van der Waals surface area contributed by atoms with E-state index in [9.17, 15) is 0 Å². The van der Waals surface area contributed by atoms with Crippen LogP contribution in [0.25, 0.3) is 0 Å². The zero-order valence-corrected chi connectivity index (χ0v) is 9.56. The number of benzene rings is 1. The molecule has 0 heterocycles. The summed E-state index contributed by atoms with van der Waals surface area (Å²) in [4.78, 5) is 0. The van der Waals surface area contributed by atoms with Gasteiger partial charge in [-0.2, -0.15) is 0 Å². The van der Waals surface area contributed by atoms with Crippen LogP contribution in [0.5, 0.6) is 0 Å². The molecule has 0 aliphatic heterocycles. The van der Waals surface area contributed by atoms with Crippen LogP contribution in [0, 0.1) is 0 Å². The highest BCUT2D eigenvalue weighted by Gasteiger charge is 2.01. The topological polar surface area (TPSA) is 73.3 Å². The molecule has 0 radical (unpaired) electrons. The van der Waals surface area contributed by atoms with Crippen LogP contribution in [0.3, 0.4) is 0 Å². The van der Waals surface area contributed by atoms with Gasteiger partial charge in [-0.05, 0) is 5.56 Å². The molecule has 0 aliphatic carbocycles. The minimum absolute atomic E-state index is 0.0234. The second-order valence-corrected chi connectivity index (χ2v) is 3.75. The molecule has 0 saturated heterocycles. The molecule has 1 aromatic carbocycles. The first kappa shape index (κ1) is 13.1. The van der Waals surface area contributed by atoms with Crippen LogP contribution < -0.4 is 16.8 Å². The minimum Gasteiger partial charge on any atom is -0.375 e. The van der Waals surface area contributed by atoms with Crippen molar-refractivity contribution in [3.8, 4) is 0 Å². The number of rotatable bonds is 8. The summed E-state index contributed by atoms with van der Waals surface area (Å²) < 4.78 is 5.52. The minimum atomic E-state index is 0.0234. The van der Waals surface area contributed by atoms with Gasteiger partial charge in [0.1, 0.15) is 0 Å². The van der Waals surface area contributed by atoms with Crippen molar-refractivity contribution in [1.29, 1.82) is 0 Å². The third-order valence-electron chi connectivity index (χ3n) is 2.17. The van der Waals surface area contributed by atoms with Crippen molar-refractivity contribution in [2.45, 2.75) is 12.6 Å². The Morgan fingerprint density at radius 2 is 2.00 bits per heavy atom. The number of nitrogens with two attached hydrogens (primary N) is 2. The molecule has 0 amide bonds. The van der Waals surface area contributed by atoms with E-state index in [0.29, 0.717) is 19.8 Å². The lowest BCUT2D eigenvalue weighted by Crippen LogP contribution is -2.39. The molecule has 1 atom stereocenters. The Hall–Kier alpha value is -0.940. The van der Waals surface area contributed by atoms with Gasteiger partial charge in [-0.1, -0.05) is 30.3 Å². The van der Waals surface area contributed by atoms with Gasteiger partial charge < -0.3 is 21.5 Å². The molecular formula is C12H21N3O. The monoisotopic (exact) mass is 223 g/mol. The zero-order valence-electron chi connectivity index (χ0n) is 9.56. The van der Waals surface area contributed by atoms with E-state index in [4.69, 9.17) is 16.2 Å². The summed E-state index contributed by atoms with van der Waals surface area (Å²) in [5.41, 5.74) is 12.4. The largest absolute Gasteiger partial charge is 0.375 e. The van der Waals surface area contributed by atoms with E-state index >= 15 is 0 Å². The molecule has 0 aromatic heterocycles. The van der Waals surface area contributed by atoms with E-state index in [-0.39, 0.29) is 6.04 Å². The summed E-state index contributed by atoms with van der Waals surface area (Å²) in [5, 5.41) is 3.15. The maximum absolute atomic E-state index is 5.85. The van der Waals surface area contributed by atoms with E-state index in [0.717, 1.165) is 13.1 Å². The van der Waals surface area contributed by atoms with Crippen LogP contribution in [-0.2, 0) is 11.3 Å². The second kappa shape index (κ2) is 8.24. The Balaban J connectivity index is 2.06. The quantitative estimate of drug-likeness (QED) is 0.546. The molecule has 1 rings (SSSR count). The average molecular weight is 223 g/mol. The number of hydrogen-bond donors (Lipinski definition) is 3. The summed E-state index contributed by atoms with van der Waals surface area (Å²) in [7, 11) is 0. The van der Waals surface area contributed by atoms with Crippen LogP contribution in [0.1, 0.15) is 5.56 Å². The van der Waals surface area contributed by atoms with Crippen molar-refractivity contribution in [3.05, 3.63) is 35.9 Å². The van der Waals surface area contributed by atoms with Gasteiger partial charge in [0.25, 0.3) is 0 Å². The van der Waals surface area contributed by atoms with Gasteiger partial charge in [0.2, 0.25) is 0 Å². The Kier molecular flexibility index (Phi) is 6.76. The van der Waals surface area contributed by atoms with Gasteiger partial charge in [0, 0.05) is 25.7 Å². The highest BCUT2D eigenvalue weighted by Crippen LogP contribution is 2.00. The number of ether oxygens (including phenoxy) is 1. The predicted molar refractivity (Wildman–Crippen MR) is 66.0 cm³/mol. The highest BCUT2D eigenvalue weighted by atomic mass is 16.5. The number of hydrogen-bond acceptors (Lipinski definition) is 4. The summed E-state index contributed by atoms with van der Waals surface area (Å²) in [5.74, 6) is 0. The lowest BCUT2D eigenvalue weighted by atomic mass is 10.2. The molecule has 4 heteroatoms. The molecule has 0 aliphatic rings. The van der Waals surface area contributed by atoms with Gasteiger partial charge in [-0.15, -0.1) is 0 Å². The maximum Gasteiger partial charge on any atom is 0.0717 e. The fourth-order valence-electron chi connectivity index (χ4n) is 1.35. The molecule has 90 valence electrons.